The van der Waals surface area contributed by atoms with Gasteiger partial charge in [0, 0.05) is 50.9 Å². The molecule has 0 saturated heterocycles. The Morgan fingerprint density at radius 3 is 2.44 bits per heavy atom. The van der Waals surface area contributed by atoms with E-state index in [9.17, 15) is 14.7 Å². The molecule has 0 spiro atoms. The number of nitrogens with zero attached hydrogens (tertiary/aromatic N) is 7. The zero-order valence-electron chi connectivity index (χ0n) is 31.2. The number of aromatic carboxylic acids is 1. The molecule has 0 fully saturated rings. The van der Waals surface area contributed by atoms with E-state index >= 15 is 0 Å². The van der Waals surface area contributed by atoms with Gasteiger partial charge in [-0.1, -0.05) is 24.6 Å². The van der Waals surface area contributed by atoms with Gasteiger partial charge in [0.2, 0.25) is 11.9 Å². The van der Waals surface area contributed by atoms with Crippen molar-refractivity contribution in [1.82, 2.24) is 29.1 Å². The summed E-state index contributed by atoms with van der Waals surface area (Å²) in [4.78, 5) is 32.5. The van der Waals surface area contributed by atoms with Crippen molar-refractivity contribution in [2.45, 2.75) is 98.3 Å². The van der Waals surface area contributed by atoms with Gasteiger partial charge in [-0.3, -0.25) is 19.5 Å². The summed E-state index contributed by atoms with van der Waals surface area (Å²) >= 11 is 0. The van der Waals surface area contributed by atoms with Gasteiger partial charge >= 0.3 is 5.97 Å². The van der Waals surface area contributed by atoms with E-state index in [2.05, 4.69) is 44.1 Å². The highest BCUT2D eigenvalue weighted by Crippen LogP contribution is 2.30. The number of carboxylic acid groups (broad SMARTS) is 1. The number of amides is 1. The van der Waals surface area contributed by atoms with Crippen LogP contribution in [0.5, 0.6) is 5.75 Å². The molecule has 278 valence electrons. The van der Waals surface area contributed by atoms with E-state index in [0.29, 0.717) is 57.1 Å². The first-order valence-electron chi connectivity index (χ1n) is 18.3. The Bertz CT molecular complexity index is 1960. The zero-order chi connectivity index (χ0) is 37.2. The molecule has 0 aliphatic rings. The lowest BCUT2D eigenvalue weighted by molar-refractivity contribution is -0.116. The molecule has 2 aromatic carbocycles. The summed E-state index contributed by atoms with van der Waals surface area (Å²) in [5.74, 6) is 0.325. The molecule has 0 saturated carbocycles. The van der Waals surface area contributed by atoms with E-state index in [0.717, 1.165) is 89.3 Å². The van der Waals surface area contributed by atoms with E-state index in [1.807, 2.05) is 56.8 Å². The standard InChI is InChI=1S/C39H53N9O4/c1-6-47-37(38(50)51)32(28(3)44-47)13-8-7-10-24-48-30(25-27(2)43-48)18-21-35(49)41-39-42-36-33(14-12-15-34(36)46(39)23-11-9-22-40)45(4)26-29-16-19-31(52-5)20-17-29/h12,14-17,19-20,25H,6-11,13,18,21-24,26,40H2,1-5H3,(H,50,51)(H,41,42,49). The number of carboxylic acids is 1. The normalized spacial score (nSPS) is 11.3. The molecule has 13 heteroatoms. The molecule has 0 aliphatic carbocycles. The molecule has 3 heterocycles. The number of methoxy groups -OCH3 is 1. The number of fused-ring (bicyclic) bond motifs is 1. The van der Waals surface area contributed by atoms with E-state index < -0.39 is 5.97 Å². The van der Waals surface area contributed by atoms with Crippen molar-refractivity contribution >= 4 is 34.5 Å². The Hall–Kier alpha value is -5.17. The zero-order valence-corrected chi connectivity index (χ0v) is 31.2. The van der Waals surface area contributed by atoms with Crippen LogP contribution >= 0.6 is 0 Å². The summed E-state index contributed by atoms with van der Waals surface area (Å²) in [5, 5.41) is 21.9. The van der Waals surface area contributed by atoms with Crippen molar-refractivity contribution in [1.29, 1.82) is 0 Å². The topological polar surface area (TPSA) is 158 Å². The van der Waals surface area contributed by atoms with Crippen molar-refractivity contribution in [3.63, 3.8) is 0 Å². The summed E-state index contributed by atoms with van der Waals surface area (Å²) in [6, 6.07) is 16.2. The summed E-state index contributed by atoms with van der Waals surface area (Å²) in [7, 11) is 3.71. The molecule has 0 aliphatic heterocycles. The van der Waals surface area contributed by atoms with Gasteiger partial charge < -0.3 is 25.0 Å². The number of ether oxygens (including phenoxy) is 1. The summed E-state index contributed by atoms with van der Waals surface area (Å²) in [5.41, 5.74) is 13.6. The third-order valence-electron chi connectivity index (χ3n) is 9.48. The maximum Gasteiger partial charge on any atom is 0.354 e. The van der Waals surface area contributed by atoms with Gasteiger partial charge in [-0.15, -0.1) is 0 Å². The minimum absolute atomic E-state index is 0.105. The van der Waals surface area contributed by atoms with E-state index in [-0.39, 0.29) is 5.91 Å². The van der Waals surface area contributed by atoms with Crippen molar-refractivity contribution in [3.05, 3.63) is 82.4 Å². The second-order valence-electron chi connectivity index (χ2n) is 13.3. The molecule has 0 radical (unpaired) electrons. The molecular formula is C39H53N9O4. The summed E-state index contributed by atoms with van der Waals surface area (Å²) in [6.45, 7) is 8.99. The molecule has 1 amide bonds. The number of benzene rings is 2. The first-order chi connectivity index (χ1) is 25.1. The number of unbranched alkanes of at least 4 members (excludes halogenated alkanes) is 3. The number of imidazole rings is 1. The number of hydrogen-bond acceptors (Lipinski definition) is 8. The molecule has 4 N–H and O–H groups in total. The van der Waals surface area contributed by atoms with Crippen LogP contribution in [0.3, 0.4) is 0 Å². The van der Waals surface area contributed by atoms with Crippen LogP contribution in [-0.4, -0.2) is 66.8 Å². The molecule has 5 rings (SSSR count). The number of aryl methyl sites for hydroxylation is 6. The fourth-order valence-corrected chi connectivity index (χ4v) is 6.82. The second-order valence-corrected chi connectivity index (χ2v) is 13.3. The lowest BCUT2D eigenvalue weighted by atomic mass is 10.0. The Morgan fingerprint density at radius 2 is 1.73 bits per heavy atom. The summed E-state index contributed by atoms with van der Waals surface area (Å²) < 4.78 is 11.0. The number of aromatic nitrogens is 6. The predicted molar refractivity (Wildman–Crippen MR) is 204 cm³/mol. The number of nitrogens with two attached hydrogens (primary N) is 1. The van der Waals surface area contributed by atoms with Gasteiger partial charge in [-0.2, -0.15) is 10.2 Å². The SMILES string of the molecule is CCn1nc(C)c(CCCCCn2nc(C)cc2CCC(=O)Nc2nc3c(N(C)Cc4ccc(OC)cc4)cccc3n2CCCCN)c1C(=O)O. The van der Waals surface area contributed by atoms with Gasteiger partial charge in [0.05, 0.1) is 29.7 Å². The van der Waals surface area contributed by atoms with Crippen LogP contribution in [0.25, 0.3) is 11.0 Å². The second kappa shape index (κ2) is 17.9. The smallest absolute Gasteiger partial charge is 0.354 e. The molecule has 0 unspecified atom stereocenters. The number of nitrogens with one attached hydrogen (secondary N) is 1. The van der Waals surface area contributed by atoms with Crippen molar-refractivity contribution in [2.75, 3.05) is 30.9 Å². The highest BCUT2D eigenvalue weighted by molar-refractivity contribution is 5.95. The van der Waals surface area contributed by atoms with Crippen LogP contribution in [0.15, 0.2) is 48.5 Å². The van der Waals surface area contributed by atoms with Crippen molar-refractivity contribution in [3.8, 4) is 5.75 Å². The Morgan fingerprint density at radius 1 is 0.962 bits per heavy atom. The summed E-state index contributed by atoms with van der Waals surface area (Å²) in [6.07, 6.45) is 5.94. The molecule has 52 heavy (non-hydrogen) atoms. The lowest BCUT2D eigenvalue weighted by Gasteiger charge is -2.20. The fraction of sp³-hybridized carbons (Fsp3) is 0.462. The lowest BCUT2D eigenvalue weighted by Crippen LogP contribution is -2.17. The average molecular weight is 712 g/mol. The van der Waals surface area contributed by atoms with Gasteiger partial charge in [-0.25, -0.2) is 9.78 Å². The first kappa shape index (κ1) is 38.1. The molecular weight excluding hydrogens is 658 g/mol. The molecule has 0 bridgehead atoms. The fourth-order valence-electron chi connectivity index (χ4n) is 6.82. The first-order valence-corrected chi connectivity index (χ1v) is 18.3. The van der Waals surface area contributed by atoms with Crippen molar-refractivity contribution < 1.29 is 19.4 Å². The van der Waals surface area contributed by atoms with Crippen LogP contribution in [0, 0.1) is 13.8 Å². The number of hydrogen-bond donors (Lipinski definition) is 3. The molecule has 3 aromatic heterocycles. The third-order valence-corrected chi connectivity index (χ3v) is 9.48. The van der Waals surface area contributed by atoms with Crippen molar-refractivity contribution in [2.24, 2.45) is 5.73 Å². The number of para-hydroxylation sites is 1. The largest absolute Gasteiger partial charge is 0.497 e. The van der Waals surface area contributed by atoms with E-state index in [1.165, 1.54) is 0 Å². The highest BCUT2D eigenvalue weighted by Gasteiger charge is 2.21. The van der Waals surface area contributed by atoms with Crippen LogP contribution in [-0.2, 0) is 43.8 Å². The number of carbonyl (C=O) groups is 2. The predicted octanol–water partition coefficient (Wildman–Crippen LogP) is 6.13. The number of anilines is 2. The third kappa shape index (κ3) is 9.19. The quantitative estimate of drug-likeness (QED) is 0.0808. The average Bonchev–Trinajstić information content (AvgIpc) is 3.78. The Kier molecular flexibility index (Phi) is 13.1. The molecule has 13 nitrogen and oxygen atoms in total. The minimum atomic E-state index is -0.930. The maximum absolute atomic E-state index is 13.5. The number of carbonyl (C=O) groups excluding carboxylic acids is 1. The van der Waals surface area contributed by atoms with E-state index in [1.54, 1.807) is 11.8 Å². The van der Waals surface area contributed by atoms with Crippen LogP contribution in [0.2, 0.25) is 0 Å². The van der Waals surface area contributed by atoms with Crippen LogP contribution in [0.1, 0.15) is 84.1 Å². The van der Waals surface area contributed by atoms with Gasteiger partial charge in [0.25, 0.3) is 0 Å². The minimum Gasteiger partial charge on any atom is -0.497 e. The van der Waals surface area contributed by atoms with E-state index in [4.69, 9.17) is 20.6 Å². The highest BCUT2D eigenvalue weighted by atomic mass is 16.5. The van der Waals surface area contributed by atoms with Crippen LogP contribution < -0.4 is 20.7 Å². The number of rotatable bonds is 20. The van der Waals surface area contributed by atoms with Crippen LogP contribution in [0.4, 0.5) is 11.6 Å². The Labute approximate surface area is 305 Å². The van der Waals surface area contributed by atoms with Gasteiger partial charge in [0.1, 0.15) is 17.0 Å². The monoisotopic (exact) mass is 711 g/mol. The molecule has 0 atom stereocenters. The van der Waals surface area contributed by atoms with Gasteiger partial charge in [0.15, 0.2) is 0 Å². The Balaban J connectivity index is 1.22. The maximum atomic E-state index is 13.5. The molecule has 5 aromatic rings. The van der Waals surface area contributed by atoms with Gasteiger partial charge in [-0.05, 0) is 102 Å².